The van der Waals surface area contributed by atoms with Crippen molar-refractivity contribution in [3.8, 4) is 0 Å². The van der Waals surface area contributed by atoms with Gasteiger partial charge in [0.05, 0.1) is 6.10 Å². The maximum atomic E-state index is 13.9. The van der Waals surface area contributed by atoms with Crippen LogP contribution in [0.25, 0.3) is 0 Å². The second-order valence-corrected chi connectivity index (χ2v) is 5.24. The van der Waals surface area contributed by atoms with Crippen molar-refractivity contribution in [1.82, 2.24) is 0 Å². The standard InChI is InChI=1S/C16H17ClFNO/c1-10-6-7-12(14(17)8-10)16(20)13(9-19)11-4-2-3-5-15(11)18/h2-8,13,16,20H,9,19H2,1H3. The molecule has 0 aliphatic heterocycles. The van der Waals surface area contributed by atoms with Crippen LogP contribution in [-0.2, 0) is 0 Å². The number of halogens is 2. The molecule has 2 rings (SSSR count). The molecule has 0 aliphatic rings. The molecule has 0 fully saturated rings. The van der Waals surface area contributed by atoms with E-state index in [1.807, 2.05) is 13.0 Å². The molecule has 2 nitrogen and oxygen atoms in total. The van der Waals surface area contributed by atoms with Gasteiger partial charge >= 0.3 is 0 Å². The number of aliphatic hydroxyl groups is 1. The Kier molecular flexibility index (Phi) is 4.76. The summed E-state index contributed by atoms with van der Waals surface area (Å²) in [5, 5.41) is 11.0. The zero-order chi connectivity index (χ0) is 14.7. The largest absolute Gasteiger partial charge is 0.388 e. The van der Waals surface area contributed by atoms with Crippen molar-refractivity contribution in [2.24, 2.45) is 5.73 Å². The van der Waals surface area contributed by atoms with Crippen LogP contribution in [0.2, 0.25) is 5.02 Å². The fourth-order valence-electron chi connectivity index (χ4n) is 2.29. The van der Waals surface area contributed by atoms with Crippen LogP contribution in [0.3, 0.4) is 0 Å². The summed E-state index contributed by atoms with van der Waals surface area (Å²) in [6.45, 7) is 2.05. The van der Waals surface area contributed by atoms with Gasteiger partial charge in [0.15, 0.2) is 0 Å². The molecule has 0 saturated carbocycles. The average Bonchev–Trinajstić information content (AvgIpc) is 2.41. The second-order valence-electron chi connectivity index (χ2n) is 4.83. The number of hydrogen-bond donors (Lipinski definition) is 2. The van der Waals surface area contributed by atoms with Crippen molar-refractivity contribution in [2.75, 3.05) is 6.54 Å². The predicted molar refractivity (Wildman–Crippen MR) is 79.3 cm³/mol. The number of nitrogens with two attached hydrogens (primary N) is 1. The summed E-state index contributed by atoms with van der Waals surface area (Å²) in [4.78, 5) is 0. The van der Waals surface area contributed by atoms with E-state index in [0.29, 0.717) is 16.1 Å². The number of aliphatic hydroxyl groups excluding tert-OH is 1. The summed E-state index contributed by atoms with van der Waals surface area (Å²) in [5.41, 5.74) is 7.69. The van der Waals surface area contributed by atoms with Crippen LogP contribution in [0.4, 0.5) is 4.39 Å². The van der Waals surface area contributed by atoms with Crippen LogP contribution in [0.15, 0.2) is 42.5 Å². The molecule has 0 radical (unpaired) electrons. The number of benzene rings is 2. The number of hydrogen-bond acceptors (Lipinski definition) is 2. The Hall–Kier alpha value is -1.42. The fraction of sp³-hybridized carbons (Fsp3) is 0.250. The lowest BCUT2D eigenvalue weighted by molar-refractivity contribution is 0.146. The third kappa shape index (κ3) is 3.01. The summed E-state index contributed by atoms with van der Waals surface area (Å²) >= 11 is 6.16. The van der Waals surface area contributed by atoms with Crippen molar-refractivity contribution in [1.29, 1.82) is 0 Å². The van der Waals surface area contributed by atoms with Gasteiger partial charge in [-0.3, -0.25) is 0 Å². The van der Waals surface area contributed by atoms with Gasteiger partial charge in [-0.15, -0.1) is 0 Å². The van der Waals surface area contributed by atoms with Crippen molar-refractivity contribution in [2.45, 2.75) is 18.9 Å². The highest BCUT2D eigenvalue weighted by molar-refractivity contribution is 6.31. The van der Waals surface area contributed by atoms with Gasteiger partial charge in [-0.1, -0.05) is 41.9 Å². The third-order valence-electron chi connectivity index (χ3n) is 3.41. The molecule has 0 aromatic heterocycles. The Morgan fingerprint density at radius 3 is 2.50 bits per heavy atom. The normalized spacial score (nSPS) is 14.1. The highest BCUT2D eigenvalue weighted by Gasteiger charge is 2.25. The Labute approximate surface area is 123 Å². The van der Waals surface area contributed by atoms with Gasteiger partial charge in [0, 0.05) is 17.5 Å². The SMILES string of the molecule is Cc1ccc(C(O)C(CN)c2ccccc2F)c(Cl)c1. The van der Waals surface area contributed by atoms with Gasteiger partial charge in [-0.2, -0.15) is 0 Å². The number of aryl methyl sites for hydroxylation is 1. The molecule has 2 atom stereocenters. The maximum absolute atomic E-state index is 13.9. The first kappa shape index (κ1) is 15.0. The monoisotopic (exact) mass is 293 g/mol. The Morgan fingerprint density at radius 2 is 1.90 bits per heavy atom. The molecule has 0 bridgehead atoms. The second kappa shape index (κ2) is 6.35. The van der Waals surface area contributed by atoms with Crippen LogP contribution >= 0.6 is 11.6 Å². The first-order valence-corrected chi connectivity index (χ1v) is 6.81. The van der Waals surface area contributed by atoms with Crippen molar-refractivity contribution >= 4 is 11.6 Å². The summed E-state index contributed by atoms with van der Waals surface area (Å²) in [7, 11) is 0. The maximum Gasteiger partial charge on any atom is 0.126 e. The molecule has 0 heterocycles. The van der Waals surface area contributed by atoms with Crippen LogP contribution in [0.5, 0.6) is 0 Å². The summed E-state index contributed by atoms with van der Waals surface area (Å²) < 4.78 is 13.9. The molecule has 0 spiro atoms. The molecule has 0 aliphatic carbocycles. The Balaban J connectivity index is 2.39. The van der Waals surface area contributed by atoms with E-state index in [9.17, 15) is 9.50 Å². The van der Waals surface area contributed by atoms with E-state index in [-0.39, 0.29) is 12.4 Å². The summed E-state index contributed by atoms with van der Waals surface area (Å²) in [6.07, 6.45) is -0.940. The number of rotatable bonds is 4. The molecule has 0 saturated heterocycles. The first-order valence-electron chi connectivity index (χ1n) is 6.43. The van der Waals surface area contributed by atoms with E-state index in [4.69, 9.17) is 17.3 Å². The minimum atomic E-state index is -0.940. The van der Waals surface area contributed by atoms with Gasteiger partial charge in [-0.25, -0.2) is 4.39 Å². The Bertz CT molecular complexity index is 603. The lowest BCUT2D eigenvalue weighted by Gasteiger charge is -2.23. The van der Waals surface area contributed by atoms with E-state index < -0.39 is 12.0 Å². The van der Waals surface area contributed by atoms with Crippen LogP contribution in [0, 0.1) is 12.7 Å². The molecular weight excluding hydrogens is 277 g/mol. The fourth-order valence-corrected chi connectivity index (χ4v) is 2.64. The molecular formula is C16H17ClFNO. The van der Waals surface area contributed by atoms with Gasteiger partial charge in [0.1, 0.15) is 5.82 Å². The third-order valence-corrected chi connectivity index (χ3v) is 3.74. The topological polar surface area (TPSA) is 46.2 Å². The van der Waals surface area contributed by atoms with Crippen molar-refractivity contribution in [3.05, 3.63) is 70.0 Å². The highest BCUT2D eigenvalue weighted by Crippen LogP contribution is 2.35. The molecule has 20 heavy (non-hydrogen) atoms. The zero-order valence-corrected chi connectivity index (χ0v) is 11.9. The molecule has 4 heteroatoms. The zero-order valence-electron chi connectivity index (χ0n) is 11.2. The van der Waals surface area contributed by atoms with Crippen LogP contribution in [-0.4, -0.2) is 11.7 Å². The Morgan fingerprint density at radius 1 is 1.20 bits per heavy atom. The average molecular weight is 294 g/mol. The summed E-state index contributed by atoms with van der Waals surface area (Å²) in [5.74, 6) is -0.901. The minimum absolute atomic E-state index is 0.131. The first-order chi connectivity index (χ1) is 9.54. The van der Waals surface area contributed by atoms with Crippen molar-refractivity contribution in [3.63, 3.8) is 0 Å². The van der Waals surface area contributed by atoms with Gasteiger partial charge in [-0.05, 0) is 35.7 Å². The molecule has 3 N–H and O–H groups in total. The van der Waals surface area contributed by atoms with Crippen LogP contribution in [0.1, 0.15) is 28.7 Å². The van der Waals surface area contributed by atoms with E-state index >= 15 is 0 Å². The quantitative estimate of drug-likeness (QED) is 0.905. The lowest BCUT2D eigenvalue weighted by Crippen LogP contribution is -2.21. The molecule has 0 amide bonds. The van der Waals surface area contributed by atoms with Gasteiger partial charge in [0.2, 0.25) is 0 Å². The van der Waals surface area contributed by atoms with Gasteiger partial charge in [0.25, 0.3) is 0 Å². The highest BCUT2D eigenvalue weighted by atomic mass is 35.5. The smallest absolute Gasteiger partial charge is 0.126 e. The lowest BCUT2D eigenvalue weighted by atomic mass is 9.88. The predicted octanol–water partition coefficient (Wildman–Crippen LogP) is 3.56. The minimum Gasteiger partial charge on any atom is -0.388 e. The van der Waals surface area contributed by atoms with E-state index in [1.165, 1.54) is 6.07 Å². The van der Waals surface area contributed by atoms with E-state index in [2.05, 4.69) is 0 Å². The molecule has 2 aromatic carbocycles. The van der Waals surface area contributed by atoms with Gasteiger partial charge < -0.3 is 10.8 Å². The molecule has 2 unspecified atom stereocenters. The van der Waals surface area contributed by atoms with Crippen molar-refractivity contribution < 1.29 is 9.50 Å². The van der Waals surface area contributed by atoms with E-state index in [0.717, 1.165) is 5.56 Å². The van der Waals surface area contributed by atoms with Crippen LogP contribution < -0.4 is 5.73 Å². The molecule has 106 valence electrons. The molecule has 2 aromatic rings. The summed E-state index contributed by atoms with van der Waals surface area (Å²) in [6, 6.07) is 11.7. The van der Waals surface area contributed by atoms with E-state index in [1.54, 1.807) is 30.3 Å².